The van der Waals surface area contributed by atoms with Crippen LogP contribution in [-0.4, -0.2) is 11.1 Å². The van der Waals surface area contributed by atoms with Gasteiger partial charge in [-0.25, -0.2) is 4.39 Å². The molecule has 3 rings (SSSR count). The molecule has 20 heavy (non-hydrogen) atoms. The van der Waals surface area contributed by atoms with Crippen molar-refractivity contribution < 1.29 is 9.50 Å². The molecular formula is C17H18FNO. The van der Waals surface area contributed by atoms with Gasteiger partial charge in [0.2, 0.25) is 0 Å². The number of anilines is 1. The van der Waals surface area contributed by atoms with E-state index in [1.54, 1.807) is 12.1 Å². The van der Waals surface area contributed by atoms with Gasteiger partial charge in [-0.1, -0.05) is 24.3 Å². The third-order valence-corrected chi connectivity index (χ3v) is 4.06. The molecule has 1 fully saturated rings. The zero-order valence-corrected chi connectivity index (χ0v) is 11.4. The van der Waals surface area contributed by atoms with Gasteiger partial charge < -0.3 is 10.4 Å². The fraction of sp³-hybridized carbons (Fsp3) is 0.294. The zero-order valence-electron chi connectivity index (χ0n) is 11.4. The number of phenolic OH excluding ortho intramolecular Hbond substituents is 1. The second-order valence-electron chi connectivity index (χ2n) is 5.53. The Balaban J connectivity index is 1.61. The fourth-order valence-electron chi connectivity index (χ4n) is 2.73. The van der Waals surface area contributed by atoms with Crippen molar-refractivity contribution in [1.29, 1.82) is 0 Å². The Bertz CT molecular complexity index is 620. The molecule has 0 atom stereocenters. The minimum Gasteiger partial charge on any atom is -0.508 e. The first kappa shape index (κ1) is 13.0. The van der Waals surface area contributed by atoms with Gasteiger partial charge >= 0.3 is 0 Å². The monoisotopic (exact) mass is 271 g/mol. The summed E-state index contributed by atoms with van der Waals surface area (Å²) in [4.78, 5) is 0. The van der Waals surface area contributed by atoms with E-state index in [9.17, 15) is 9.50 Å². The van der Waals surface area contributed by atoms with E-state index in [2.05, 4.69) is 5.32 Å². The van der Waals surface area contributed by atoms with Crippen LogP contribution in [0, 0.1) is 12.7 Å². The third kappa shape index (κ3) is 2.48. The molecule has 1 aliphatic carbocycles. The molecule has 1 saturated carbocycles. The molecule has 0 radical (unpaired) electrons. The van der Waals surface area contributed by atoms with Crippen LogP contribution < -0.4 is 5.32 Å². The van der Waals surface area contributed by atoms with Gasteiger partial charge in [-0.15, -0.1) is 0 Å². The van der Waals surface area contributed by atoms with Gasteiger partial charge in [-0.05, 0) is 48.9 Å². The van der Waals surface area contributed by atoms with Gasteiger partial charge in [0.05, 0.1) is 0 Å². The van der Waals surface area contributed by atoms with Crippen LogP contribution in [0.4, 0.5) is 10.1 Å². The summed E-state index contributed by atoms with van der Waals surface area (Å²) < 4.78 is 13.7. The van der Waals surface area contributed by atoms with Crippen LogP contribution in [-0.2, 0) is 0 Å². The molecule has 2 nitrogen and oxygen atoms in total. The fourth-order valence-corrected chi connectivity index (χ4v) is 2.73. The molecule has 2 aromatic rings. The topological polar surface area (TPSA) is 32.3 Å². The molecule has 1 aliphatic rings. The Morgan fingerprint density at radius 2 is 1.90 bits per heavy atom. The normalized spacial score (nSPS) is 21.3. The Hall–Kier alpha value is -2.03. The highest BCUT2D eigenvalue weighted by molar-refractivity contribution is 5.52. The quantitative estimate of drug-likeness (QED) is 0.877. The lowest BCUT2D eigenvalue weighted by atomic mass is 9.75. The molecule has 0 aliphatic heterocycles. The Morgan fingerprint density at radius 1 is 1.15 bits per heavy atom. The van der Waals surface area contributed by atoms with Crippen LogP contribution in [0.15, 0.2) is 42.5 Å². The van der Waals surface area contributed by atoms with Gasteiger partial charge in [0, 0.05) is 17.8 Å². The highest BCUT2D eigenvalue weighted by Crippen LogP contribution is 2.39. The van der Waals surface area contributed by atoms with Crippen molar-refractivity contribution in [2.24, 2.45) is 0 Å². The zero-order chi connectivity index (χ0) is 14.1. The lowest BCUT2D eigenvalue weighted by molar-refractivity contribution is 0.363. The molecule has 0 bridgehead atoms. The SMILES string of the molecule is Cc1ccc(NC2CC(c3ccccc3F)C2)cc1O. The number of aryl methyl sites for hydroxylation is 1. The lowest BCUT2D eigenvalue weighted by Crippen LogP contribution is -2.34. The summed E-state index contributed by atoms with van der Waals surface area (Å²) in [6.45, 7) is 1.87. The van der Waals surface area contributed by atoms with E-state index in [0.29, 0.717) is 17.7 Å². The molecule has 2 aromatic carbocycles. The molecule has 0 unspecified atom stereocenters. The van der Waals surface area contributed by atoms with E-state index in [1.165, 1.54) is 6.07 Å². The second-order valence-corrected chi connectivity index (χ2v) is 5.53. The largest absolute Gasteiger partial charge is 0.508 e. The second kappa shape index (κ2) is 5.16. The average molecular weight is 271 g/mol. The maximum Gasteiger partial charge on any atom is 0.126 e. The predicted molar refractivity (Wildman–Crippen MR) is 78.6 cm³/mol. The molecule has 2 N–H and O–H groups in total. The minimum absolute atomic E-state index is 0.107. The first-order valence-corrected chi connectivity index (χ1v) is 6.94. The number of rotatable bonds is 3. The van der Waals surface area contributed by atoms with Crippen LogP contribution in [0.25, 0.3) is 0 Å². The standard InChI is InChI=1S/C17H18FNO/c1-11-6-7-13(10-17(11)20)19-14-8-12(9-14)15-4-2-3-5-16(15)18/h2-7,10,12,14,19-20H,8-9H2,1H3. The third-order valence-electron chi connectivity index (χ3n) is 4.06. The van der Waals surface area contributed by atoms with Crippen molar-refractivity contribution in [2.75, 3.05) is 5.32 Å². The summed E-state index contributed by atoms with van der Waals surface area (Å²) in [5.41, 5.74) is 2.61. The Kier molecular flexibility index (Phi) is 3.35. The van der Waals surface area contributed by atoms with E-state index >= 15 is 0 Å². The predicted octanol–water partition coefficient (Wildman–Crippen LogP) is 4.20. The van der Waals surface area contributed by atoms with Gasteiger partial charge in [-0.2, -0.15) is 0 Å². The summed E-state index contributed by atoms with van der Waals surface area (Å²) in [5.74, 6) is 0.497. The van der Waals surface area contributed by atoms with Gasteiger partial charge in [0.1, 0.15) is 11.6 Å². The number of hydrogen-bond acceptors (Lipinski definition) is 2. The van der Waals surface area contributed by atoms with Crippen LogP contribution in [0.2, 0.25) is 0 Å². The van der Waals surface area contributed by atoms with Crippen LogP contribution in [0.3, 0.4) is 0 Å². The maximum atomic E-state index is 13.7. The number of benzene rings is 2. The number of hydrogen-bond donors (Lipinski definition) is 2. The maximum absolute atomic E-state index is 13.7. The summed E-state index contributed by atoms with van der Waals surface area (Å²) in [7, 11) is 0. The molecule has 0 spiro atoms. The molecule has 0 saturated heterocycles. The lowest BCUT2D eigenvalue weighted by Gasteiger charge is -2.37. The Labute approximate surface area is 118 Å². The van der Waals surface area contributed by atoms with E-state index in [4.69, 9.17) is 0 Å². The molecule has 0 amide bonds. The van der Waals surface area contributed by atoms with Crippen LogP contribution in [0.1, 0.15) is 29.9 Å². The molecule has 0 heterocycles. The van der Waals surface area contributed by atoms with Gasteiger partial charge in [0.15, 0.2) is 0 Å². The molecule has 104 valence electrons. The van der Waals surface area contributed by atoms with E-state index in [-0.39, 0.29) is 5.82 Å². The number of phenols is 1. The first-order valence-electron chi connectivity index (χ1n) is 6.94. The van der Waals surface area contributed by atoms with Gasteiger partial charge in [0.25, 0.3) is 0 Å². The summed E-state index contributed by atoms with van der Waals surface area (Å²) >= 11 is 0. The highest BCUT2D eigenvalue weighted by atomic mass is 19.1. The van der Waals surface area contributed by atoms with E-state index in [1.807, 2.05) is 31.2 Å². The summed E-state index contributed by atoms with van der Waals surface area (Å²) in [6.07, 6.45) is 1.85. The van der Waals surface area contributed by atoms with Crippen molar-refractivity contribution in [3.63, 3.8) is 0 Å². The number of nitrogens with one attached hydrogen (secondary N) is 1. The molecular weight excluding hydrogens is 253 g/mol. The van der Waals surface area contributed by atoms with Crippen molar-refractivity contribution in [2.45, 2.75) is 31.7 Å². The van der Waals surface area contributed by atoms with Crippen molar-refractivity contribution >= 4 is 5.69 Å². The summed E-state index contributed by atoms with van der Waals surface area (Å²) in [6, 6.07) is 12.9. The highest BCUT2D eigenvalue weighted by Gasteiger charge is 2.31. The number of halogens is 1. The van der Waals surface area contributed by atoms with Gasteiger partial charge in [-0.3, -0.25) is 0 Å². The van der Waals surface area contributed by atoms with E-state index in [0.717, 1.165) is 29.7 Å². The molecule has 0 aromatic heterocycles. The first-order chi connectivity index (χ1) is 9.63. The molecule has 3 heteroatoms. The summed E-state index contributed by atoms with van der Waals surface area (Å²) in [5, 5.41) is 13.1. The van der Waals surface area contributed by atoms with Crippen LogP contribution >= 0.6 is 0 Å². The smallest absolute Gasteiger partial charge is 0.126 e. The Morgan fingerprint density at radius 3 is 2.60 bits per heavy atom. The number of aromatic hydroxyl groups is 1. The van der Waals surface area contributed by atoms with E-state index < -0.39 is 0 Å². The van der Waals surface area contributed by atoms with Crippen molar-refractivity contribution in [3.8, 4) is 5.75 Å². The average Bonchev–Trinajstić information content (AvgIpc) is 2.39. The van der Waals surface area contributed by atoms with Crippen molar-refractivity contribution in [3.05, 3.63) is 59.4 Å². The minimum atomic E-state index is -0.107. The van der Waals surface area contributed by atoms with Crippen LogP contribution in [0.5, 0.6) is 5.75 Å². The van der Waals surface area contributed by atoms with Crippen molar-refractivity contribution in [1.82, 2.24) is 0 Å².